The lowest BCUT2D eigenvalue weighted by molar-refractivity contribution is -0.117. The minimum absolute atomic E-state index is 0.0297. The molecule has 2 fully saturated rings. The number of hydrogen-bond acceptors (Lipinski definition) is 4. The molecular weight excluding hydrogens is 418 g/mol. The molecule has 1 heterocycles. The number of ether oxygens (including phenoxy) is 2. The van der Waals surface area contributed by atoms with Crippen LogP contribution in [0.1, 0.15) is 48.5 Å². The van der Waals surface area contributed by atoms with Crippen LogP contribution in [-0.2, 0) is 11.3 Å². The van der Waals surface area contributed by atoms with Crippen LogP contribution < -0.4 is 14.4 Å². The van der Waals surface area contributed by atoms with E-state index in [0.29, 0.717) is 31.7 Å². The Morgan fingerprint density at radius 3 is 2.66 bits per heavy atom. The van der Waals surface area contributed by atoms with Crippen LogP contribution in [0, 0.1) is 0 Å². The quantitative estimate of drug-likeness (QED) is 0.566. The van der Waals surface area contributed by atoms with Crippen LogP contribution in [0.4, 0.5) is 14.5 Å². The van der Waals surface area contributed by atoms with E-state index in [1.54, 1.807) is 47.1 Å². The molecule has 0 atom stereocenters. The summed E-state index contributed by atoms with van der Waals surface area (Å²) in [6.45, 7) is 0.105. The molecule has 0 radical (unpaired) electrons. The number of carbonyl (C=O) groups is 2. The molecule has 6 nitrogen and oxygen atoms in total. The van der Waals surface area contributed by atoms with E-state index in [1.807, 2.05) is 6.07 Å². The number of anilines is 1. The molecule has 1 saturated heterocycles. The van der Waals surface area contributed by atoms with E-state index in [4.69, 9.17) is 4.74 Å². The smallest absolute Gasteiger partial charge is 0.387 e. The molecule has 0 N–H and O–H groups in total. The van der Waals surface area contributed by atoms with Gasteiger partial charge >= 0.3 is 6.61 Å². The Morgan fingerprint density at radius 1 is 1.19 bits per heavy atom. The molecule has 2 amide bonds. The second-order valence-electron chi connectivity index (χ2n) is 7.96. The lowest BCUT2D eigenvalue weighted by atomic mass is 10.1. The van der Waals surface area contributed by atoms with Crippen molar-refractivity contribution in [1.29, 1.82) is 0 Å². The van der Waals surface area contributed by atoms with Crippen molar-refractivity contribution in [2.75, 3.05) is 18.1 Å². The van der Waals surface area contributed by atoms with Gasteiger partial charge < -0.3 is 19.3 Å². The van der Waals surface area contributed by atoms with Gasteiger partial charge in [0.05, 0.1) is 6.61 Å². The van der Waals surface area contributed by atoms with Gasteiger partial charge in [0.2, 0.25) is 5.91 Å². The summed E-state index contributed by atoms with van der Waals surface area (Å²) in [6, 6.07) is 12.1. The van der Waals surface area contributed by atoms with E-state index in [0.717, 1.165) is 30.5 Å². The Morgan fingerprint density at radius 2 is 2.00 bits per heavy atom. The third-order valence-electron chi connectivity index (χ3n) is 5.60. The molecule has 4 rings (SSSR count). The van der Waals surface area contributed by atoms with Gasteiger partial charge in [-0.3, -0.25) is 9.59 Å². The topological polar surface area (TPSA) is 59.1 Å². The summed E-state index contributed by atoms with van der Waals surface area (Å²) in [6.07, 6.45) is 3.18. The van der Waals surface area contributed by atoms with Crippen molar-refractivity contribution in [3.8, 4) is 11.5 Å². The molecule has 32 heavy (non-hydrogen) atoms. The van der Waals surface area contributed by atoms with Crippen LogP contribution in [0.15, 0.2) is 42.5 Å². The summed E-state index contributed by atoms with van der Waals surface area (Å²) < 4.78 is 35.3. The number of amides is 2. The number of carbonyl (C=O) groups excluding carboxylic acids is 2. The molecule has 1 aliphatic heterocycles. The normalized spacial score (nSPS) is 15.9. The first-order valence-corrected chi connectivity index (χ1v) is 10.9. The van der Waals surface area contributed by atoms with Gasteiger partial charge in [-0.1, -0.05) is 12.1 Å². The molecule has 0 bridgehead atoms. The lowest BCUT2D eigenvalue weighted by Crippen LogP contribution is -2.33. The summed E-state index contributed by atoms with van der Waals surface area (Å²) in [7, 11) is 0. The molecule has 1 aliphatic carbocycles. The van der Waals surface area contributed by atoms with Crippen LogP contribution in [0.2, 0.25) is 0 Å². The highest BCUT2D eigenvalue weighted by molar-refractivity contribution is 5.99. The van der Waals surface area contributed by atoms with Crippen LogP contribution in [-0.4, -0.2) is 42.5 Å². The van der Waals surface area contributed by atoms with Gasteiger partial charge in [-0.15, -0.1) is 0 Å². The van der Waals surface area contributed by atoms with Gasteiger partial charge in [0.25, 0.3) is 5.91 Å². The highest BCUT2D eigenvalue weighted by Crippen LogP contribution is 2.34. The molecule has 0 aromatic heterocycles. The van der Waals surface area contributed by atoms with Gasteiger partial charge in [-0.2, -0.15) is 8.78 Å². The highest BCUT2D eigenvalue weighted by atomic mass is 19.3. The minimum Gasteiger partial charge on any atom is -0.490 e. The lowest BCUT2D eigenvalue weighted by Gasteiger charge is -2.24. The van der Waals surface area contributed by atoms with Crippen molar-refractivity contribution in [2.45, 2.75) is 51.8 Å². The van der Waals surface area contributed by atoms with E-state index in [-0.39, 0.29) is 29.4 Å². The number of benzene rings is 2. The Balaban J connectivity index is 1.55. The molecule has 170 valence electrons. The van der Waals surface area contributed by atoms with E-state index in [9.17, 15) is 18.4 Å². The Labute approximate surface area is 185 Å². The first-order chi connectivity index (χ1) is 15.5. The average Bonchev–Trinajstić information content (AvgIpc) is 3.53. The van der Waals surface area contributed by atoms with Crippen LogP contribution in [0.25, 0.3) is 0 Å². The van der Waals surface area contributed by atoms with Crippen molar-refractivity contribution in [3.63, 3.8) is 0 Å². The highest BCUT2D eigenvalue weighted by Gasteiger charge is 2.33. The number of nitrogens with zero attached hydrogens (tertiary/aromatic N) is 2. The molecule has 0 spiro atoms. The summed E-state index contributed by atoms with van der Waals surface area (Å²) in [5, 5.41) is 0. The second kappa shape index (κ2) is 9.54. The molecule has 2 aromatic rings. The summed E-state index contributed by atoms with van der Waals surface area (Å²) >= 11 is 0. The third kappa shape index (κ3) is 5.00. The Hall–Kier alpha value is -3.16. The Bertz CT molecular complexity index is 994. The molecule has 0 unspecified atom stereocenters. The first kappa shape index (κ1) is 22.0. The zero-order valence-electron chi connectivity index (χ0n) is 17.9. The maximum absolute atomic E-state index is 13.4. The summed E-state index contributed by atoms with van der Waals surface area (Å²) in [4.78, 5) is 29.0. The van der Waals surface area contributed by atoms with Crippen LogP contribution in [0.3, 0.4) is 0 Å². The van der Waals surface area contributed by atoms with Crippen LogP contribution in [0.5, 0.6) is 11.5 Å². The largest absolute Gasteiger partial charge is 0.490 e. The maximum Gasteiger partial charge on any atom is 0.387 e. The zero-order chi connectivity index (χ0) is 22.7. The van der Waals surface area contributed by atoms with Gasteiger partial charge in [-0.25, -0.2) is 0 Å². The Kier molecular flexibility index (Phi) is 6.58. The van der Waals surface area contributed by atoms with Gasteiger partial charge in [0, 0.05) is 36.8 Å². The number of alkyl halides is 2. The van der Waals surface area contributed by atoms with Crippen LogP contribution >= 0.6 is 0 Å². The number of rotatable bonds is 9. The predicted molar refractivity (Wildman–Crippen MR) is 115 cm³/mol. The average molecular weight is 444 g/mol. The van der Waals surface area contributed by atoms with Crippen molar-refractivity contribution >= 4 is 17.5 Å². The maximum atomic E-state index is 13.4. The summed E-state index contributed by atoms with van der Waals surface area (Å²) in [5.74, 6) is 0.149. The van der Waals surface area contributed by atoms with E-state index in [2.05, 4.69) is 4.74 Å². The van der Waals surface area contributed by atoms with Crippen molar-refractivity contribution in [3.05, 3.63) is 53.6 Å². The van der Waals surface area contributed by atoms with E-state index >= 15 is 0 Å². The van der Waals surface area contributed by atoms with Crippen molar-refractivity contribution < 1.29 is 27.8 Å². The molecule has 1 saturated carbocycles. The predicted octanol–water partition coefficient (Wildman–Crippen LogP) is 4.62. The molecule has 2 aliphatic rings. The zero-order valence-corrected chi connectivity index (χ0v) is 17.9. The molecule has 8 heteroatoms. The fourth-order valence-corrected chi connectivity index (χ4v) is 3.96. The second-order valence-corrected chi connectivity index (χ2v) is 7.96. The van der Waals surface area contributed by atoms with Crippen molar-refractivity contribution in [1.82, 2.24) is 4.90 Å². The van der Waals surface area contributed by atoms with Gasteiger partial charge in [-0.05, 0) is 62.1 Å². The summed E-state index contributed by atoms with van der Waals surface area (Å²) in [5.41, 5.74) is 2.03. The standard InChI is InChI=1S/C24H26F2N2O4/c1-2-31-21-13-16(8-11-20(21)32-24(25)26)15-28(18-9-10-18)23(30)17-5-3-6-19(14-17)27-12-4-7-22(27)29/h3,5-6,8,11,13-14,18,24H,2,4,7,9-10,12,15H2,1H3. The fraction of sp³-hybridized carbons (Fsp3) is 0.417. The van der Waals surface area contributed by atoms with Crippen molar-refractivity contribution in [2.24, 2.45) is 0 Å². The minimum atomic E-state index is -2.95. The third-order valence-corrected chi connectivity index (χ3v) is 5.60. The number of halogens is 2. The van der Waals surface area contributed by atoms with E-state index < -0.39 is 6.61 Å². The van der Waals surface area contributed by atoms with E-state index in [1.165, 1.54) is 6.07 Å². The van der Waals surface area contributed by atoms with Gasteiger partial charge in [0.15, 0.2) is 11.5 Å². The van der Waals surface area contributed by atoms with Gasteiger partial charge in [0.1, 0.15) is 0 Å². The molecular formula is C24H26F2N2O4. The fourth-order valence-electron chi connectivity index (χ4n) is 3.96. The first-order valence-electron chi connectivity index (χ1n) is 10.9. The monoisotopic (exact) mass is 444 g/mol. The number of hydrogen-bond donors (Lipinski definition) is 0. The molecule has 2 aromatic carbocycles. The SMILES string of the molecule is CCOc1cc(CN(C(=O)c2cccc(N3CCCC3=O)c2)C2CC2)ccc1OC(F)F.